The minimum atomic E-state index is -3.67. The number of anilines is 1. The molecule has 0 aromatic carbocycles. The fourth-order valence-corrected chi connectivity index (χ4v) is 3.71. The minimum Gasteiger partial charge on any atom is -0.384 e. The predicted octanol–water partition coefficient (Wildman–Crippen LogP) is 0.412. The van der Waals surface area contributed by atoms with Crippen molar-refractivity contribution in [3.8, 4) is 0 Å². The highest BCUT2D eigenvalue weighted by atomic mass is 32.2. The summed E-state index contributed by atoms with van der Waals surface area (Å²) in [7, 11) is -1.99. The first-order valence-corrected chi connectivity index (χ1v) is 8.36. The van der Waals surface area contributed by atoms with Crippen LogP contribution in [0.5, 0.6) is 0 Å². The summed E-state index contributed by atoms with van der Waals surface area (Å²) in [6.45, 7) is 2.90. The molecule has 0 spiro atoms. The summed E-state index contributed by atoms with van der Waals surface area (Å²) in [6.07, 6.45) is 3.75. The van der Waals surface area contributed by atoms with Gasteiger partial charge in [0.2, 0.25) is 15.9 Å². The van der Waals surface area contributed by atoms with Crippen LogP contribution in [0, 0.1) is 0 Å². The average Bonchev–Trinajstić information content (AvgIpc) is 2.43. The molecule has 2 N–H and O–H groups in total. The van der Waals surface area contributed by atoms with Gasteiger partial charge in [0.25, 0.3) is 0 Å². The lowest BCUT2D eigenvalue weighted by Crippen LogP contribution is -2.48. The van der Waals surface area contributed by atoms with E-state index in [-0.39, 0.29) is 16.8 Å². The molecule has 0 radical (unpaired) electrons. The first-order valence-electron chi connectivity index (χ1n) is 6.88. The smallest absolute Gasteiger partial charge is 0.244 e. The van der Waals surface area contributed by atoms with Crippen molar-refractivity contribution in [3.05, 3.63) is 18.5 Å². The zero-order chi connectivity index (χ0) is 15.5. The number of likely N-dealkylation sites (N-methyl/N-ethyl adjacent to an activating group) is 1. The molecule has 1 saturated heterocycles. The van der Waals surface area contributed by atoms with Crippen LogP contribution in [-0.2, 0) is 14.8 Å². The predicted molar refractivity (Wildman–Crippen MR) is 79.4 cm³/mol. The Morgan fingerprint density at radius 3 is 2.90 bits per heavy atom. The molecular formula is C13H20N4O3S. The van der Waals surface area contributed by atoms with Gasteiger partial charge in [-0.2, -0.15) is 0 Å². The molecule has 1 aromatic rings. The third-order valence-electron chi connectivity index (χ3n) is 3.39. The molecule has 0 aliphatic carbocycles. The Balaban J connectivity index is 2.17. The Hall–Kier alpha value is -1.67. The van der Waals surface area contributed by atoms with E-state index in [1.807, 2.05) is 6.92 Å². The summed E-state index contributed by atoms with van der Waals surface area (Å²) in [5.74, 6) is 0.0418. The molecule has 1 amide bonds. The normalized spacial score (nSPS) is 19.6. The van der Waals surface area contributed by atoms with Gasteiger partial charge in [-0.1, -0.05) is 0 Å². The van der Waals surface area contributed by atoms with E-state index < -0.39 is 10.0 Å². The van der Waals surface area contributed by atoms with E-state index in [1.54, 1.807) is 24.2 Å². The average molecular weight is 312 g/mol. The van der Waals surface area contributed by atoms with E-state index in [2.05, 4.69) is 15.0 Å². The highest BCUT2D eigenvalue weighted by Gasteiger charge is 2.28. The number of sulfonamides is 1. The van der Waals surface area contributed by atoms with Crippen LogP contribution in [0.15, 0.2) is 23.4 Å². The number of pyridine rings is 1. The van der Waals surface area contributed by atoms with Crippen LogP contribution in [0.2, 0.25) is 0 Å². The van der Waals surface area contributed by atoms with E-state index in [4.69, 9.17) is 0 Å². The molecule has 116 valence electrons. The number of piperidine rings is 1. The van der Waals surface area contributed by atoms with Crippen molar-refractivity contribution >= 4 is 21.6 Å². The number of aromatic nitrogens is 1. The molecule has 1 aliphatic rings. The maximum Gasteiger partial charge on any atom is 0.244 e. The summed E-state index contributed by atoms with van der Waals surface area (Å²) in [5.41, 5.74) is 0.528. The van der Waals surface area contributed by atoms with Gasteiger partial charge in [0.05, 0.1) is 5.69 Å². The molecule has 1 atom stereocenters. The van der Waals surface area contributed by atoms with Gasteiger partial charge in [-0.05, 0) is 19.4 Å². The van der Waals surface area contributed by atoms with E-state index in [0.29, 0.717) is 31.6 Å². The number of carbonyl (C=O) groups excluding carboxylic acids is 1. The van der Waals surface area contributed by atoms with Crippen LogP contribution in [-0.4, -0.2) is 50.4 Å². The Morgan fingerprint density at radius 1 is 1.48 bits per heavy atom. The van der Waals surface area contributed by atoms with Crippen molar-refractivity contribution in [2.45, 2.75) is 30.7 Å². The summed E-state index contributed by atoms with van der Waals surface area (Å²) in [4.78, 5) is 17.0. The van der Waals surface area contributed by atoms with E-state index in [9.17, 15) is 13.2 Å². The van der Waals surface area contributed by atoms with Crippen LogP contribution in [0.4, 0.5) is 5.69 Å². The zero-order valence-electron chi connectivity index (χ0n) is 12.2. The molecule has 0 saturated carbocycles. The van der Waals surface area contributed by atoms with Crippen molar-refractivity contribution in [1.82, 2.24) is 14.6 Å². The molecule has 1 unspecified atom stereocenters. The van der Waals surface area contributed by atoms with Crippen LogP contribution >= 0.6 is 0 Å². The molecule has 7 nitrogen and oxygen atoms in total. The Morgan fingerprint density at radius 2 is 2.24 bits per heavy atom. The lowest BCUT2D eigenvalue weighted by Gasteiger charge is -2.30. The van der Waals surface area contributed by atoms with Crippen LogP contribution in [0.3, 0.4) is 0 Å². The zero-order valence-corrected chi connectivity index (χ0v) is 13.0. The molecule has 21 heavy (non-hydrogen) atoms. The van der Waals surface area contributed by atoms with Crippen LogP contribution < -0.4 is 10.0 Å². The fourth-order valence-electron chi connectivity index (χ4n) is 2.32. The van der Waals surface area contributed by atoms with Crippen LogP contribution in [0.1, 0.15) is 19.8 Å². The van der Waals surface area contributed by atoms with Gasteiger partial charge >= 0.3 is 0 Å². The van der Waals surface area contributed by atoms with Gasteiger partial charge in [0.15, 0.2) is 0 Å². The second-order valence-corrected chi connectivity index (χ2v) is 6.72. The monoisotopic (exact) mass is 312 g/mol. The first kappa shape index (κ1) is 15.7. The number of hydrogen-bond donors (Lipinski definition) is 2. The fraction of sp³-hybridized carbons (Fsp3) is 0.538. The highest BCUT2D eigenvalue weighted by Crippen LogP contribution is 2.21. The van der Waals surface area contributed by atoms with Gasteiger partial charge in [-0.25, -0.2) is 13.1 Å². The molecule has 2 heterocycles. The largest absolute Gasteiger partial charge is 0.384 e. The lowest BCUT2D eigenvalue weighted by atomic mass is 10.1. The molecule has 1 aliphatic heterocycles. The van der Waals surface area contributed by atoms with Crippen molar-refractivity contribution in [2.24, 2.45) is 0 Å². The quantitative estimate of drug-likeness (QED) is 0.822. The number of rotatable bonds is 5. The molecule has 1 fully saturated rings. The van der Waals surface area contributed by atoms with Gasteiger partial charge in [0.1, 0.15) is 4.90 Å². The number of carbonyl (C=O) groups is 1. The maximum atomic E-state index is 12.5. The molecule has 2 rings (SSSR count). The first-order chi connectivity index (χ1) is 9.94. The minimum absolute atomic E-state index is 0.0418. The number of likely N-dealkylation sites (tertiary alicyclic amines) is 1. The molecular weight excluding hydrogens is 292 g/mol. The summed E-state index contributed by atoms with van der Waals surface area (Å²) in [6, 6.07) is 1.36. The Bertz CT molecular complexity index is 618. The van der Waals surface area contributed by atoms with Gasteiger partial charge in [-0.3, -0.25) is 9.78 Å². The third-order valence-corrected chi connectivity index (χ3v) is 4.94. The van der Waals surface area contributed by atoms with Crippen molar-refractivity contribution in [1.29, 1.82) is 0 Å². The summed E-state index contributed by atoms with van der Waals surface area (Å²) >= 11 is 0. The van der Waals surface area contributed by atoms with Crippen molar-refractivity contribution in [3.63, 3.8) is 0 Å². The second kappa shape index (κ2) is 6.40. The Labute approximate surface area is 124 Å². The molecule has 0 bridgehead atoms. The maximum absolute atomic E-state index is 12.5. The van der Waals surface area contributed by atoms with E-state index >= 15 is 0 Å². The summed E-state index contributed by atoms with van der Waals surface area (Å²) in [5, 5.41) is 3.01. The van der Waals surface area contributed by atoms with Gasteiger partial charge in [0, 0.05) is 45.0 Å². The van der Waals surface area contributed by atoms with Crippen molar-refractivity contribution in [2.75, 3.05) is 25.5 Å². The highest BCUT2D eigenvalue weighted by molar-refractivity contribution is 7.89. The molecule has 1 aromatic heterocycles. The Kier molecular flexibility index (Phi) is 4.79. The SMILES string of the molecule is CCNc1ccncc1S(=O)(=O)NC1CCC(=O)N(C)C1. The van der Waals surface area contributed by atoms with Crippen LogP contribution in [0.25, 0.3) is 0 Å². The number of amides is 1. The standard InChI is InChI=1S/C13H20N4O3S/c1-3-15-11-6-7-14-8-12(11)21(19,20)16-10-4-5-13(18)17(2)9-10/h6-8,10,16H,3-5,9H2,1-2H3,(H,14,15). The number of hydrogen-bond acceptors (Lipinski definition) is 5. The van der Waals surface area contributed by atoms with Gasteiger partial charge in [-0.15, -0.1) is 0 Å². The summed E-state index contributed by atoms with van der Waals surface area (Å²) < 4.78 is 27.6. The number of nitrogens with one attached hydrogen (secondary N) is 2. The van der Waals surface area contributed by atoms with E-state index in [0.717, 1.165) is 0 Å². The lowest BCUT2D eigenvalue weighted by molar-refractivity contribution is -0.132. The van der Waals surface area contributed by atoms with Gasteiger partial charge < -0.3 is 10.2 Å². The third kappa shape index (κ3) is 3.70. The topological polar surface area (TPSA) is 91.4 Å². The van der Waals surface area contributed by atoms with E-state index in [1.165, 1.54) is 6.20 Å². The second-order valence-electron chi connectivity index (χ2n) is 5.03. The number of nitrogens with zero attached hydrogens (tertiary/aromatic N) is 2. The van der Waals surface area contributed by atoms with Crippen molar-refractivity contribution < 1.29 is 13.2 Å². The molecule has 8 heteroatoms.